The standard InChI is InChI=1S/C24H38ClN5/c1-30(2)22-14-11-19(12-15-22)13-16-23(27-18-21-10-6-7-17-26-21)29-24(25)28-20-8-4-3-5-9-20/h3-4,6-7,11,14-15,19-21,23,26-27H,5,8-10,12-13,16-18H2,1-2H3,(H,28,29). The van der Waals surface area contributed by atoms with E-state index in [9.17, 15) is 0 Å². The Labute approximate surface area is 187 Å². The van der Waals surface area contributed by atoms with Crippen molar-refractivity contribution in [3.8, 4) is 0 Å². The smallest absolute Gasteiger partial charge is 0.192 e. The zero-order valence-electron chi connectivity index (χ0n) is 18.5. The fourth-order valence-corrected chi connectivity index (χ4v) is 4.41. The Hall–Kier alpha value is -1.56. The van der Waals surface area contributed by atoms with Gasteiger partial charge in [0, 0.05) is 38.9 Å². The first kappa shape index (κ1) is 23.1. The minimum absolute atomic E-state index is 0.126. The SMILES string of the molecule is CN(C)C1=CCC(CCC(NCC2CC=CCN2)NC(Cl)=NC2CC=CCC2)C=C1. The van der Waals surface area contributed by atoms with E-state index in [0.717, 1.165) is 58.0 Å². The highest BCUT2D eigenvalue weighted by atomic mass is 35.5. The fourth-order valence-electron chi connectivity index (χ4n) is 4.14. The molecule has 0 spiro atoms. The Morgan fingerprint density at radius 1 is 1.23 bits per heavy atom. The van der Waals surface area contributed by atoms with Gasteiger partial charge in [-0.05, 0) is 68.5 Å². The summed E-state index contributed by atoms with van der Waals surface area (Å²) < 4.78 is 0. The van der Waals surface area contributed by atoms with Gasteiger partial charge in [0.1, 0.15) is 0 Å². The molecule has 0 saturated carbocycles. The number of hydrogen-bond donors (Lipinski definition) is 3. The first-order valence-corrected chi connectivity index (χ1v) is 11.8. The largest absolute Gasteiger partial charge is 0.378 e. The molecular weight excluding hydrogens is 394 g/mol. The van der Waals surface area contributed by atoms with Crippen molar-refractivity contribution in [2.75, 3.05) is 27.2 Å². The van der Waals surface area contributed by atoms with E-state index in [4.69, 9.17) is 16.6 Å². The van der Waals surface area contributed by atoms with Gasteiger partial charge >= 0.3 is 0 Å². The van der Waals surface area contributed by atoms with Crippen LogP contribution in [0.5, 0.6) is 0 Å². The number of aliphatic imine (C=N–C) groups is 1. The molecule has 6 heteroatoms. The Balaban J connectivity index is 1.52. The van der Waals surface area contributed by atoms with E-state index in [1.165, 1.54) is 5.70 Å². The van der Waals surface area contributed by atoms with E-state index in [2.05, 4.69) is 77.5 Å². The van der Waals surface area contributed by atoms with Crippen molar-refractivity contribution in [3.05, 3.63) is 48.2 Å². The molecule has 3 N–H and O–H groups in total. The Morgan fingerprint density at radius 2 is 2.10 bits per heavy atom. The number of allylic oxidation sites excluding steroid dienone is 4. The normalized spacial score (nSPS) is 27.6. The summed E-state index contributed by atoms with van der Waals surface area (Å²) in [5, 5.41) is 11.2. The quantitative estimate of drug-likeness (QED) is 0.170. The number of hydrogen-bond acceptors (Lipinski definition) is 4. The molecule has 5 nitrogen and oxygen atoms in total. The van der Waals surface area contributed by atoms with Gasteiger partial charge in [-0.3, -0.25) is 10.3 Å². The lowest BCUT2D eigenvalue weighted by molar-refractivity contribution is 0.380. The van der Waals surface area contributed by atoms with Crippen LogP contribution in [-0.4, -0.2) is 55.6 Å². The molecular formula is C24H38ClN5. The molecule has 1 heterocycles. The van der Waals surface area contributed by atoms with E-state index < -0.39 is 0 Å². The lowest BCUT2D eigenvalue weighted by atomic mass is 9.93. The Morgan fingerprint density at radius 3 is 2.77 bits per heavy atom. The van der Waals surface area contributed by atoms with Gasteiger partial charge in [-0.1, -0.05) is 36.5 Å². The number of halogens is 1. The lowest BCUT2D eigenvalue weighted by Gasteiger charge is -2.27. The predicted octanol–water partition coefficient (Wildman–Crippen LogP) is 3.92. The molecule has 4 unspecified atom stereocenters. The van der Waals surface area contributed by atoms with Gasteiger partial charge in [0.2, 0.25) is 0 Å². The molecule has 0 aromatic rings. The van der Waals surface area contributed by atoms with Crippen molar-refractivity contribution in [1.82, 2.24) is 20.9 Å². The molecule has 30 heavy (non-hydrogen) atoms. The van der Waals surface area contributed by atoms with E-state index in [0.29, 0.717) is 23.3 Å². The highest BCUT2D eigenvalue weighted by molar-refractivity contribution is 6.64. The average molecular weight is 432 g/mol. The summed E-state index contributed by atoms with van der Waals surface area (Å²) in [6.07, 6.45) is 23.4. The molecule has 0 aromatic carbocycles. The van der Waals surface area contributed by atoms with Gasteiger partial charge in [-0.15, -0.1) is 0 Å². The summed E-state index contributed by atoms with van der Waals surface area (Å²) in [6, 6.07) is 0.773. The molecule has 2 aliphatic carbocycles. The van der Waals surface area contributed by atoms with E-state index >= 15 is 0 Å². The summed E-state index contributed by atoms with van der Waals surface area (Å²) in [7, 11) is 4.19. The molecule has 0 aromatic heterocycles. The maximum atomic E-state index is 6.52. The first-order chi connectivity index (χ1) is 14.6. The average Bonchev–Trinajstić information content (AvgIpc) is 2.77. The number of nitrogens with zero attached hydrogens (tertiary/aromatic N) is 2. The molecule has 1 aliphatic heterocycles. The maximum absolute atomic E-state index is 6.52. The zero-order chi connectivity index (χ0) is 21.2. The minimum Gasteiger partial charge on any atom is -0.378 e. The van der Waals surface area contributed by atoms with Crippen molar-refractivity contribution in [3.63, 3.8) is 0 Å². The molecule has 0 amide bonds. The van der Waals surface area contributed by atoms with Gasteiger partial charge in [-0.25, -0.2) is 0 Å². The van der Waals surface area contributed by atoms with Gasteiger partial charge in [0.15, 0.2) is 5.29 Å². The highest BCUT2D eigenvalue weighted by Gasteiger charge is 2.18. The summed E-state index contributed by atoms with van der Waals surface area (Å²) in [6.45, 7) is 1.87. The van der Waals surface area contributed by atoms with Crippen LogP contribution in [-0.2, 0) is 0 Å². The van der Waals surface area contributed by atoms with E-state index in [1.807, 2.05) is 0 Å². The third kappa shape index (κ3) is 7.93. The van der Waals surface area contributed by atoms with Crippen LogP contribution in [0.15, 0.2) is 53.2 Å². The van der Waals surface area contributed by atoms with Crippen molar-refractivity contribution >= 4 is 16.9 Å². The summed E-state index contributed by atoms with van der Waals surface area (Å²) in [5.74, 6) is 0.578. The third-order valence-electron chi connectivity index (χ3n) is 6.06. The first-order valence-electron chi connectivity index (χ1n) is 11.4. The molecule has 0 saturated heterocycles. The van der Waals surface area contributed by atoms with Crippen LogP contribution in [0.4, 0.5) is 0 Å². The van der Waals surface area contributed by atoms with E-state index in [-0.39, 0.29) is 6.17 Å². The monoisotopic (exact) mass is 431 g/mol. The van der Waals surface area contributed by atoms with Crippen molar-refractivity contribution in [2.45, 2.75) is 63.2 Å². The van der Waals surface area contributed by atoms with Crippen molar-refractivity contribution in [2.24, 2.45) is 10.9 Å². The van der Waals surface area contributed by atoms with Crippen LogP contribution in [0.1, 0.15) is 44.9 Å². The predicted molar refractivity (Wildman–Crippen MR) is 129 cm³/mol. The highest BCUT2D eigenvalue weighted by Crippen LogP contribution is 2.22. The molecule has 0 fully saturated rings. The third-order valence-corrected chi connectivity index (χ3v) is 6.27. The van der Waals surface area contributed by atoms with Crippen LogP contribution in [0.2, 0.25) is 0 Å². The lowest BCUT2D eigenvalue weighted by Crippen LogP contribution is -2.50. The van der Waals surface area contributed by atoms with Crippen LogP contribution in [0, 0.1) is 5.92 Å². The number of rotatable bonds is 9. The summed E-state index contributed by atoms with van der Waals surface area (Å²) in [4.78, 5) is 6.89. The second kappa shape index (κ2) is 12.3. The Kier molecular flexibility index (Phi) is 9.50. The second-order valence-electron chi connectivity index (χ2n) is 8.73. The molecule has 0 bridgehead atoms. The number of amidine groups is 1. The topological polar surface area (TPSA) is 51.7 Å². The van der Waals surface area contributed by atoms with Gasteiger partial charge in [0.05, 0.1) is 12.2 Å². The molecule has 3 rings (SSSR count). The number of likely N-dealkylation sites (N-methyl/N-ethyl adjacent to an activating group) is 1. The van der Waals surface area contributed by atoms with Crippen molar-refractivity contribution in [1.29, 1.82) is 0 Å². The minimum atomic E-state index is 0.126. The van der Waals surface area contributed by atoms with Crippen LogP contribution < -0.4 is 16.0 Å². The molecule has 4 atom stereocenters. The van der Waals surface area contributed by atoms with E-state index in [1.54, 1.807) is 0 Å². The van der Waals surface area contributed by atoms with Crippen LogP contribution in [0.25, 0.3) is 0 Å². The molecule has 3 aliphatic rings. The maximum Gasteiger partial charge on any atom is 0.192 e. The summed E-state index contributed by atoms with van der Waals surface area (Å²) >= 11 is 6.52. The van der Waals surface area contributed by atoms with Crippen LogP contribution in [0.3, 0.4) is 0 Å². The zero-order valence-corrected chi connectivity index (χ0v) is 19.2. The van der Waals surface area contributed by atoms with Gasteiger partial charge in [-0.2, -0.15) is 0 Å². The van der Waals surface area contributed by atoms with Crippen LogP contribution >= 0.6 is 11.6 Å². The van der Waals surface area contributed by atoms with Gasteiger partial charge in [0.25, 0.3) is 0 Å². The molecule has 0 radical (unpaired) electrons. The summed E-state index contributed by atoms with van der Waals surface area (Å²) in [5.41, 5.74) is 1.30. The molecule has 166 valence electrons. The van der Waals surface area contributed by atoms with Gasteiger partial charge < -0.3 is 15.5 Å². The number of nitrogens with one attached hydrogen (secondary N) is 3. The fraction of sp³-hybridized carbons (Fsp3) is 0.625. The second-order valence-corrected chi connectivity index (χ2v) is 9.09. The van der Waals surface area contributed by atoms with Crippen molar-refractivity contribution < 1.29 is 0 Å². The Bertz CT molecular complexity index is 679.